The highest BCUT2D eigenvalue weighted by Crippen LogP contribution is 2.41. The minimum absolute atomic E-state index is 0.0907. The summed E-state index contributed by atoms with van der Waals surface area (Å²) in [5, 5.41) is 2.33. The number of hydrogen-bond donors (Lipinski definition) is 0. The van der Waals surface area contributed by atoms with Crippen LogP contribution in [0.5, 0.6) is 0 Å². The minimum atomic E-state index is -0.0907. The van der Waals surface area contributed by atoms with Crippen molar-refractivity contribution < 1.29 is 4.42 Å². The van der Waals surface area contributed by atoms with Crippen molar-refractivity contribution in [2.45, 2.75) is 46.1 Å². The van der Waals surface area contributed by atoms with E-state index in [1.165, 1.54) is 16.6 Å². The molecule has 0 spiro atoms. The molecule has 0 aliphatic heterocycles. The Morgan fingerprint density at radius 3 is 2.11 bits per heavy atom. The molecule has 2 heteroatoms. The van der Waals surface area contributed by atoms with Gasteiger partial charge in [-0.15, -0.1) is 0 Å². The summed E-state index contributed by atoms with van der Waals surface area (Å²) in [6, 6.07) is 23.6. The summed E-state index contributed by atoms with van der Waals surface area (Å²) in [7, 11) is 0. The fourth-order valence-electron chi connectivity index (χ4n) is 3.80. The average Bonchev–Trinajstić information content (AvgIpc) is 3.01. The largest absolute Gasteiger partial charge is 0.454 e. The summed E-state index contributed by atoms with van der Waals surface area (Å²) in [4.78, 5) is 2.38. The van der Waals surface area contributed by atoms with Crippen LogP contribution in [0.25, 0.3) is 21.9 Å². The smallest absolute Gasteiger partial charge is 0.159 e. The van der Waals surface area contributed by atoms with Gasteiger partial charge in [0.15, 0.2) is 5.58 Å². The van der Waals surface area contributed by atoms with Gasteiger partial charge in [0.1, 0.15) is 5.58 Å². The maximum absolute atomic E-state index is 6.30. The molecule has 0 unspecified atom stereocenters. The van der Waals surface area contributed by atoms with E-state index < -0.39 is 0 Å². The first kappa shape index (κ1) is 17.7. The van der Waals surface area contributed by atoms with Gasteiger partial charge >= 0.3 is 0 Å². The predicted octanol–water partition coefficient (Wildman–Crippen LogP) is 7.65. The molecule has 1 aromatic heterocycles. The van der Waals surface area contributed by atoms with Gasteiger partial charge in [0.2, 0.25) is 0 Å². The van der Waals surface area contributed by atoms with E-state index in [0.717, 1.165) is 22.2 Å². The van der Waals surface area contributed by atoms with E-state index in [2.05, 4.69) is 94.1 Å². The molecular weight excluding hydrogens is 330 g/mol. The van der Waals surface area contributed by atoms with E-state index in [1.807, 2.05) is 12.1 Å². The number of rotatable bonds is 3. The second-order valence-electron chi connectivity index (χ2n) is 8.50. The second kappa shape index (κ2) is 6.45. The Bertz CT molecular complexity index is 1080. The van der Waals surface area contributed by atoms with E-state index in [9.17, 15) is 0 Å². The number of para-hydroxylation sites is 2. The molecule has 2 nitrogen and oxygen atoms in total. The Kier molecular flexibility index (Phi) is 4.22. The van der Waals surface area contributed by atoms with Gasteiger partial charge in [0.05, 0.1) is 5.69 Å². The van der Waals surface area contributed by atoms with Crippen LogP contribution >= 0.6 is 0 Å². The summed E-state index contributed by atoms with van der Waals surface area (Å²) in [5.41, 5.74) is 5.43. The third kappa shape index (κ3) is 3.10. The van der Waals surface area contributed by atoms with E-state index in [-0.39, 0.29) is 5.54 Å². The maximum atomic E-state index is 6.30. The van der Waals surface area contributed by atoms with Crippen LogP contribution in [0.2, 0.25) is 0 Å². The number of fused-ring (bicyclic) bond motifs is 3. The van der Waals surface area contributed by atoms with Crippen LogP contribution in [0.1, 0.15) is 46.1 Å². The normalized spacial score (nSPS) is 12.2. The average molecular weight is 357 g/mol. The number of benzene rings is 3. The van der Waals surface area contributed by atoms with Crippen molar-refractivity contribution >= 4 is 33.3 Å². The molecule has 4 aromatic rings. The monoisotopic (exact) mass is 357 g/mol. The standard InChI is InChI=1S/C25H27NO/c1-17(2)18-13-15-19(16-14-18)26(25(3,4)5)22-11-8-10-21-20-9-6-7-12-23(20)27-24(21)22/h6-17H,1-5H3. The fourth-order valence-corrected chi connectivity index (χ4v) is 3.80. The Labute approximate surface area is 161 Å². The lowest BCUT2D eigenvalue weighted by atomic mass is 9.99. The molecule has 1 heterocycles. The molecule has 0 amide bonds. The Morgan fingerprint density at radius 2 is 1.44 bits per heavy atom. The highest BCUT2D eigenvalue weighted by atomic mass is 16.3. The van der Waals surface area contributed by atoms with Gasteiger partial charge < -0.3 is 9.32 Å². The van der Waals surface area contributed by atoms with E-state index >= 15 is 0 Å². The predicted molar refractivity (Wildman–Crippen MR) is 116 cm³/mol. The number of furan rings is 1. The van der Waals surface area contributed by atoms with Crippen molar-refractivity contribution in [3.05, 3.63) is 72.3 Å². The zero-order valence-electron chi connectivity index (χ0n) is 16.8. The van der Waals surface area contributed by atoms with Crippen LogP contribution in [0.3, 0.4) is 0 Å². The van der Waals surface area contributed by atoms with Crippen LogP contribution < -0.4 is 4.90 Å². The fraction of sp³-hybridized carbons (Fsp3) is 0.280. The van der Waals surface area contributed by atoms with Gasteiger partial charge in [-0.1, -0.05) is 56.3 Å². The third-order valence-corrected chi connectivity index (χ3v) is 5.11. The highest BCUT2D eigenvalue weighted by molar-refractivity contribution is 6.09. The molecular formula is C25H27NO. The summed E-state index contributed by atoms with van der Waals surface area (Å²) in [5.74, 6) is 0.529. The van der Waals surface area contributed by atoms with Crippen LogP contribution in [0.15, 0.2) is 71.1 Å². The summed E-state index contributed by atoms with van der Waals surface area (Å²) in [6.45, 7) is 11.2. The van der Waals surface area contributed by atoms with Crippen molar-refractivity contribution in [2.24, 2.45) is 0 Å². The Balaban J connectivity index is 1.93. The molecule has 0 saturated heterocycles. The maximum Gasteiger partial charge on any atom is 0.159 e. The first-order valence-electron chi connectivity index (χ1n) is 9.67. The molecule has 0 fully saturated rings. The van der Waals surface area contributed by atoms with Gasteiger partial charge in [-0.2, -0.15) is 0 Å². The van der Waals surface area contributed by atoms with E-state index in [0.29, 0.717) is 5.92 Å². The Hall–Kier alpha value is -2.74. The van der Waals surface area contributed by atoms with Crippen molar-refractivity contribution in [1.82, 2.24) is 0 Å². The van der Waals surface area contributed by atoms with Gasteiger partial charge in [0, 0.05) is 22.0 Å². The topological polar surface area (TPSA) is 16.4 Å². The third-order valence-electron chi connectivity index (χ3n) is 5.11. The Morgan fingerprint density at radius 1 is 0.778 bits per heavy atom. The summed E-state index contributed by atoms with van der Waals surface area (Å²) in [6.07, 6.45) is 0. The summed E-state index contributed by atoms with van der Waals surface area (Å²) >= 11 is 0. The lowest BCUT2D eigenvalue weighted by Crippen LogP contribution is -2.37. The molecule has 3 aromatic carbocycles. The molecule has 0 aliphatic carbocycles. The van der Waals surface area contributed by atoms with Crippen LogP contribution in [-0.2, 0) is 0 Å². The molecule has 0 atom stereocenters. The highest BCUT2D eigenvalue weighted by Gasteiger charge is 2.26. The van der Waals surface area contributed by atoms with Crippen LogP contribution in [0, 0.1) is 0 Å². The van der Waals surface area contributed by atoms with Gasteiger partial charge in [-0.05, 0) is 56.5 Å². The van der Waals surface area contributed by atoms with Crippen molar-refractivity contribution in [1.29, 1.82) is 0 Å². The van der Waals surface area contributed by atoms with Crippen molar-refractivity contribution in [2.75, 3.05) is 4.90 Å². The molecule has 4 rings (SSSR count). The zero-order chi connectivity index (χ0) is 19.2. The number of nitrogens with zero attached hydrogens (tertiary/aromatic N) is 1. The molecule has 138 valence electrons. The zero-order valence-corrected chi connectivity index (χ0v) is 16.8. The molecule has 0 aliphatic rings. The molecule has 0 radical (unpaired) electrons. The van der Waals surface area contributed by atoms with Gasteiger partial charge in [0.25, 0.3) is 0 Å². The second-order valence-corrected chi connectivity index (χ2v) is 8.50. The van der Waals surface area contributed by atoms with E-state index in [1.54, 1.807) is 0 Å². The minimum Gasteiger partial charge on any atom is -0.454 e. The number of hydrogen-bond acceptors (Lipinski definition) is 2. The lowest BCUT2D eigenvalue weighted by molar-refractivity contribution is 0.557. The van der Waals surface area contributed by atoms with E-state index in [4.69, 9.17) is 4.42 Å². The van der Waals surface area contributed by atoms with Crippen LogP contribution in [-0.4, -0.2) is 5.54 Å². The van der Waals surface area contributed by atoms with Gasteiger partial charge in [-0.3, -0.25) is 0 Å². The first-order valence-corrected chi connectivity index (χ1v) is 9.67. The molecule has 0 bridgehead atoms. The SMILES string of the molecule is CC(C)c1ccc(N(c2cccc3c2oc2ccccc23)C(C)(C)C)cc1. The quantitative estimate of drug-likeness (QED) is 0.374. The van der Waals surface area contributed by atoms with Gasteiger partial charge in [-0.25, -0.2) is 0 Å². The van der Waals surface area contributed by atoms with Crippen molar-refractivity contribution in [3.8, 4) is 0 Å². The molecule has 0 saturated carbocycles. The first-order chi connectivity index (χ1) is 12.9. The van der Waals surface area contributed by atoms with Crippen molar-refractivity contribution in [3.63, 3.8) is 0 Å². The summed E-state index contributed by atoms with van der Waals surface area (Å²) < 4.78 is 6.30. The molecule has 27 heavy (non-hydrogen) atoms. The molecule has 0 N–H and O–H groups in total. The van der Waals surface area contributed by atoms with Crippen LogP contribution in [0.4, 0.5) is 11.4 Å². The number of anilines is 2. The lowest BCUT2D eigenvalue weighted by Gasteiger charge is -2.38.